The molecule has 2 heterocycles. The van der Waals surface area contributed by atoms with E-state index in [0.29, 0.717) is 12.1 Å². The fourth-order valence-electron chi connectivity index (χ4n) is 5.23. The van der Waals surface area contributed by atoms with Crippen molar-refractivity contribution in [1.82, 2.24) is 4.90 Å². The fraction of sp³-hybridized carbons (Fsp3) is 0.308. The summed E-state index contributed by atoms with van der Waals surface area (Å²) in [5.41, 5.74) is 5.10. The summed E-state index contributed by atoms with van der Waals surface area (Å²) >= 11 is 0. The number of hydrogen-bond acceptors (Lipinski definition) is 4. The maximum Gasteiger partial charge on any atom is 0.127 e. The molecule has 4 nitrogen and oxygen atoms in total. The van der Waals surface area contributed by atoms with Gasteiger partial charge in [0.05, 0.1) is 19.8 Å². The largest absolute Gasteiger partial charge is 0.496 e. The average Bonchev–Trinajstić information content (AvgIpc) is 3.23. The fourth-order valence-corrected chi connectivity index (χ4v) is 5.23. The van der Waals surface area contributed by atoms with Gasteiger partial charge in [-0.2, -0.15) is 0 Å². The van der Waals surface area contributed by atoms with E-state index in [4.69, 9.17) is 4.74 Å². The molecule has 160 valence electrons. The minimum Gasteiger partial charge on any atom is -0.496 e. The Kier molecular flexibility index (Phi) is 5.38. The number of rotatable bonds is 5. The molecule has 2 aliphatic heterocycles. The van der Waals surface area contributed by atoms with Crippen LogP contribution in [0.15, 0.2) is 66.7 Å². The van der Waals surface area contributed by atoms with Gasteiger partial charge in [0.15, 0.2) is 0 Å². The molecule has 5 heteroatoms. The zero-order valence-corrected chi connectivity index (χ0v) is 17.6. The summed E-state index contributed by atoms with van der Waals surface area (Å²) in [5.74, 6) is 0.949. The van der Waals surface area contributed by atoms with E-state index in [1.54, 1.807) is 13.2 Å². The number of likely N-dealkylation sites (tertiary alicyclic amines) is 1. The molecular weight excluding hydrogens is 391 g/mol. The van der Waals surface area contributed by atoms with Crippen LogP contribution in [0.2, 0.25) is 0 Å². The van der Waals surface area contributed by atoms with Crippen molar-refractivity contribution in [3.8, 4) is 16.9 Å². The number of anilines is 1. The molecular formula is C26H27FN2O2. The summed E-state index contributed by atoms with van der Waals surface area (Å²) in [6, 6.07) is 21.6. The zero-order valence-electron chi connectivity index (χ0n) is 17.6. The molecule has 0 saturated carbocycles. The highest BCUT2D eigenvalue weighted by atomic mass is 19.1. The quantitative estimate of drug-likeness (QED) is 0.622. The van der Waals surface area contributed by atoms with Crippen LogP contribution in [0.25, 0.3) is 11.1 Å². The molecule has 0 spiro atoms. The van der Waals surface area contributed by atoms with Crippen molar-refractivity contribution in [1.29, 1.82) is 0 Å². The van der Waals surface area contributed by atoms with E-state index in [9.17, 15) is 9.50 Å². The molecule has 0 amide bonds. The Balaban J connectivity index is 1.56. The molecule has 5 rings (SSSR count). The van der Waals surface area contributed by atoms with Gasteiger partial charge in [-0.15, -0.1) is 0 Å². The predicted molar refractivity (Wildman–Crippen MR) is 121 cm³/mol. The van der Waals surface area contributed by atoms with Gasteiger partial charge >= 0.3 is 0 Å². The van der Waals surface area contributed by atoms with Crippen LogP contribution in [-0.4, -0.2) is 36.3 Å². The molecule has 3 aromatic rings. The Bertz CT molecular complexity index is 1090. The van der Waals surface area contributed by atoms with E-state index in [1.165, 1.54) is 11.6 Å². The molecule has 0 radical (unpaired) electrons. The van der Waals surface area contributed by atoms with E-state index in [2.05, 4.69) is 34.5 Å². The number of aliphatic hydroxyl groups is 1. The molecule has 2 aliphatic rings. The van der Waals surface area contributed by atoms with E-state index >= 15 is 0 Å². The summed E-state index contributed by atoms with van der Waals surface area (Å²) in [6.45, 7) is 1.52. The van der Waals surface area contributed by atoms with E-state index < -0.39 is 0 Å². The smallest absolute Gasteiger partial charge is 0.127 e. The molecule has 3 atom stereocenters. The molecule has 0 unspecified atom stereocenters. The molecule has 0 bridgehead atoms. The third-order valence-corrected chi connectivity index (χ3v) is 6.72. The second-order valence-corrected chi connectivity index (χ2v) is 8.39. The van der Waals surface area contributed by atoms with E-state index in [0.717, 1.165) is 35.5 Å². The Morgan fingerprint density at radius 3 is 2.71 bits per heavy atom. The number of hydrogen-bond donors (Lipinski definition) is 2. The highest BCUT2D eigenvalue weighted by molar-refractivity contribution is 5.74. The summed E-state index contributed by atoms with van der Waals surface area (Å²) in [5, 5.41) is 13.6. The average molecular weight is 419 g/mol. The van der Waals surface area contributed by atoms with Crippen molar-refractivity contribution in [2.45, 2.75) is 25.0 Å². The number of methoxy groups -OCH3 is 1. The van der Waals surface area contributed by atoms with Gasteiger partial charge in [0, 0.05) is 35.3 Å². The van der Waals surface area contributed by atoms with Crippen LogP contribution in [0.1, 0.15) is 23.6 Å². The minimum atomic E-state index is -0.165. The summed E-state index contributed by atoms with van der Waals surface area (Å²) < 4.78 is 20.0. The normalized spacial score (nSPS) is 22.5. The summed E-state index contributed by atoms with van der Waals surface area (Å²) in [6.07, 6.45) is 0.968. The van der Waals surface area contributed by atoms with Gasteiger partial charge in [-0.25, -0.2) is 4.39 Å². The molecule has 2 N–H and O–H groups in total. The monoisotopic (exact) mass is 418 g/mol. The first-order valence-electron chi connectivity index (χ1n) is 10.8. The lowest BCUT2D eigenvalue weighted by Gasteiger charge is -2.39. The number of fused-ring (bicyclic) bond motifs is 3. The van der Waals surface area contributed by atoms with Gasteiger partial charge in [0.1, 0.15) is 11.6 Å². The van der Waals surface area contributed by atoms with Crippen molar-refractivity contribution in [3.63, 3.8) is 0 Å². The van der Waals surface area contributed by atoms with Crippen LogP contribution >= 0.6 is 0 Å². The highest BCUT2D eigenvalue weighted by Gasteiger charge is 2.44. The maximum absolute atomic E-state index is 14.4. The minimum absolute atomic E-state index is 0.000215. The van der Waals surface area contributed by atoms with Crippen molar-refractivity contribution in [2.24, 2.45) is 5.92 Å². The first kappa shape index (κ1) is 20.0. The summed E-state index contributed by atoms with van der Waals surface area (Å²) in [4.78, 5) is 2.36. The number of para-hydroxylation sites is 1. The first-order chi connectivity index (χ1) is 15.2. The van der Waals surface area contributed by atoms with Gasteiger partial charge < -0.3 is 15.2 Å². The summed E-state index contributed by atoms with van der Waals surface area (Å²) in [7, 11) is 1.69. The number of aliphatic hydroxyl groups excluding tert-OH is 1. The van der Waals surface area contributed by atoms with Crippen LogP contribution in [0.4, 0.5) is 10.1 Å². The molecule has 3 aromatic carbocycles. The second kappa shape index (κ2) is 8.33. The number of benzene rings is 3. The third-order valence-electron chi connectivity index (χ3n) is 6.72. The van der Waals surface area contributed by atoms with Crippen LogP contribution in [0, 0.1) is 11.7 Å². The van der Waals surface area contributed by atoms with Crippen LogP contribution in [-0.2, 0) is 6.54 Å². The number of halogens is 1. The van der Waals surface area contributed by atoms with Crippen molar-refractivity contribution in [2.75, 3.05) is 25.6 Å². The maximum atomic E-state index is 14.4. The standard InChI is InChI=1S/C26H27FN2O2/c1-31-25-9-5-3-7-19(25)17-10-11-23-21(14-17)26-20(24(16-30)28-23)12-13-29(26)15-18-6-2-4-8-22(18)27/h2-11,14,20,24,26,28,30H,12-13,15-16H2,1H3/t20-,24-,26-/m1/s1. The highest BCUT2D eigenvalue weighted by Crippen LogP contribution is 2.48. The molecule has 1 saturated heterocycles. The van der Waals surface area contributed by atoms with Crippen molar-refractivity contribution >= 4 is 5.69 Å². The Morgan fingerprint density at radius 2 is 1.90 bits per heavy atom. The lowest BCUT2D eigenvalue weighted by molar-refractivity contribution is 0.171. The first-order valence-corrected chi connectivity index (χ1v) is 10.8. The van der Waals surface area contributed by atoms with Gasteiger partial charge in [0.2, 0.25) is 0 Å². The third kappa shape index (κ3) is 3.58. The second-order valence-electron chi connectivity index (χ2n) is 8.39. The lowest BCUT2D eigenvalue weighted by atomic mass is 9.82. The Hall–Kier alpha value is -2.89. The van der Waals surface area contributed by atoms with Gasteiger partial charge in [-0.05, 0) is 48.4 Å². The number of ether oxygens (including phenoxy) is 1. The molecule has 1 fully saturated rings. The van der Waals surface area contributed by atoms with Crippen molar-refractivity contribution in [3.05, 3.63) is 83.7 Å². The molecule has 0 aromatic heterocycles. The SMILES string of the molecule is COc1ccccc1-c1ccc2c(c1)[C@H]1[C@H](CCN1Cc1ccccc1F)[C@@H](CO)N2. The van der Waals surface area contributed by atoms with Crippen LogP contribution in [0.5, 0.6) is 5.75 Å². The van der Waals surface area contributed by atoms with Crippen LogP contribution in [0.3, 0.4) is 0 Å². The number of nitrogens with one attached hydrogen (secondary N) is 1. The zero-order chi connectivity index (χ0) is 21.4. The van der Waals surface area contributed by atoms with Gasteiger partial charge in [-0.1, -0.05) is 42.5 Å². The predicted octanol–water partition coefficient (Wildman–Crippen LogP) is 4.85. The molecule has 0 aliphatic carbocycles. The Morgan fingerprint density at radius 1 is 1.10 bits per heavy atom. The van der Waals surface area contributed by atoms with E-state index in [-0.39, 0.29) is 30.4 Å². The van der Waals surface area contributed by atoms with Crippen molar-refractivity contribution < 1.29 is 14.2 Å². The van der Waals surface area contributed by atoms with E-state index in [1.807, 2.05) is 30.3 Å². The van der Waals surface area contributed by atoms with Crippen LogP contribution < -0.4 is 10.1 Å². The van der Waals surface area contributed by atoms with Gasteiger partial charge in [-0.3, -0.25) is 4.90 Å². The Labute approximate surface area is 182 Å². The number of nitrogens with zero attached hydrogens (tertiary/aromatic N) is 1. The molecule has 31 heavy (non-hydrogen) atoms. The topological polar surface area (TPSA) is 44.7 Å². The lowest BCUT2D eigenvalue weighted by Crippen LogP contribution is -2.41. The van der Waals surface area contributed by atoms with Gasteiger partial charge in [0.25, 0.3) is 0 Å².